The van der Waals surface area contributed by atoms with Crippen molar-refractivity contribution in [2.45, 2.75) is 44.9 Å². The first-order chi connectivity index (χ1) is 12.3. The Labute approximate surface area is 151 Å². The van der Waals surface area contributed by atoms with E-state index in [1.807, 2.05) is 0 Å². The minimum absolute atomic E-state index is 1.04. The van der Waals surface area contributed by atoms with Gasteiger partial charge in [-0.25, -0.2) is 0 Å². The largest absolute Gasteiger partial charge is 0.302 e. The summed E-state index contributed by atoms with van der Waals surface area (Å²) >= 11 is 0. The Bertz CT molecular complexity index is 761. The zero-order chi connectivity index (χ0) is 17.1. The van der Waals surface area contributed by atoms with Crippen molar-refractivity contribution in [2.24, 2.45) is 0 Å². The molecular formula is C23H28N2. The van der Waals surface area contributed by atoms with Crippen LogP contribution in [-0.4, -0.2) is 30.0 Å². The van der Waals surface area contributed by atoms with E-state index in [4.69, 9.17) is 4.98 Å². The van der Waals surface area contributed by atoms with Crippen molar-refractivity contribution in [3.05, 3.63) is 59.4 Å². The van der Waals surface area contributed by atoms with Crippen LogP contribution in [0.4, 0.5) is 0 Å². The third-order valence-corrected chi connectivity index (χ3v) is 5.63. The fourth-order valence-electron chi connectivity index (χ4n) is 4.10. The molecule has 0 N–H and O–H groups in total. The van der Waals surface area contributed by atoms with Gasteiger partial charge in [-0.15, -0.1) is 0 Å². The summed E-state index contributed by atoms with van der Waals surface area (Å²) < 4.78 is 0. The van der Waals surface area contributed by atoms with Crippen LogP contribution in [0.3, 0.4) is 0 Å². The highest BCUT2D eigenvalue weighted by molar-refractivity contribution is 5.74. The summed E-state index contributed by atoms with van der Waals surface area (Å²) in [5.74, 6) is 0. The van der Waals surface area contributed by atoms with Gasteiger partial charge in [0.15, 0.2) is 0 Å². The summed E-state index contributed by atoms with van der Waals surface area (Å²) in [6, 6.07) is 13.3. The number of likely N-dealkylation sites (N-methyl/N-ethyl adjacent to an activating group) is 1. The molecule has 1 aromatic carbocycles. The molecule has 1 aliphatic carbocycles. The maximum atomic E-state index is 5.16. The number of nitrogens with zero attached hydrogens (tertiary/aromatic N) is 2. The average molecular weight is 332 g/mol. The van der Waals surface area contributed by atoms with Crippen molar-refractivity contribution in [1.82, 2.24) is 9.88 Å². The second-order valence-corrected chi connectivity index (χ2v) is 7.50. The van der Waals surface area contributed by atoms with Gasteiger partial charge in [-0.1, -0.05) is 49.2 Å². The topological polar surface area (TPSA) is 16.1 Å². The standard InChI is InChI=1S/C23H28N2/c1-25-15-13-19(14-16-25)23-17-21(18-9-5-4-6-10-18)20-11-7-2-3-8-12-22(20)24-23/h4-6,9-10,13,17H,2-3,7-8,11-12,14-16H2,1H3. The molecular weight excluding hydrogens is 304 g/mol. The molecule has 2 heterocycles. The fraction of sp³-hybridized carbons (Fsp3) is 0.435. The van der Waals surface area contributed by atoms with E-state index in [9.17, 15) is 0 Å². The molecule has 0 saturated heterocycles. The summed E-state index contributed by atoms with van der Waals surface area (Å²) in [5, 5.41) is 0. The third kappa shape index (κ3) is 3.69. The van der Waals surface area contributed by atoms with Crippen LogP contribution in [0.15, 0.2) is 42.5 Å². The third-order valence-electron chi connectivity index (χ3n) is 5.63. The van der Waals surface area contributed by atoms with E-state index < -0.39 is 0 Å². The molecule has 1 aromatic heterocycles. The quantitative estimate of drug-likeness (QED) is 0.758. The van der Waals surface area contributed by atoms with E-state index >= 15 is 0 Å². The van der Waals surface area contributed by atoms with Crippen molar-refractivity contribution in [3.8, 4) is 11.1 Å². The smallest absolute Gasteiger partial charge is 0.0669 e. The minimum Gasteiger partial charge on any atom is -0.302 e. The van der Waals surface area contributed by atoms with E-state index in [2.05, 4.69) is 54.4 Å². The first-order valence-corrected chi connectivity index (χ1v) is 9.77. The Morgan fingerprint density at radius 1 is 0.920 bits per heavy atom. The number of hydrogen-bond acceptors (Lipinski definition) is 2. The van der Waals surface area contributed by atoms with Gasteiger partial charge in [0, 0.05) is 18.8 Å². The Morgan fingerprint density at radius 2 is 1.72 bits per heavy atom. The van der Waals surface area contributed by atoms with E-state index in [0.29, 0.717) is 0 Å². The molecule has 0 bridgehead atoms. The molecule has 2 nitrogen and oxygen atoms in total. The number of benzene rings is 1. The molecule has 0 atom stereocenters. The molecule has 0 spiro atoms. The lowest BCUT2D eigenvalue weighted by molar-refractivity contribution is 0.369. The Kier molecular flexibility index (Phi) is 4.98. The summed E-state index contributed by atoms with van der Waals surface area (Å²) in [6.07, 6.45) is 11.1. The van der Waals surface area contributed by atoms with Gasteiger partial charge >= 0.3 is 0 Å². The molecule has 0 fully saturated rings. The highest BCUT2D eigenvalue weighted by Crippen LogP contribution is 2.33. The van der Waals surface area contributed by atoms with Gasteiger partial charge in [-0.2, -0.15) is 0 Å². The first-order valence-electron chi connectivity index (χ1n) is 9.77. The van der Waals surface area contributed by atoms with E-state index in [-0.39, 0.29) is 0 Å². The molecule has 0 saturated carbocycles. The summed E-state index contributed by atoms with van der Waals surface area (Å²) in [6.45, 7) is 2.17. The summed E-state index contributed by atoms with van der Waals surface area (Å²) in [4.78, 5) is 7.53. The van der Waals surface area contributed by atoms with Gasteiger partial charge in [-0.05, 0) is 67.5 Å². The predicted molar refractivity (Wildman–Crippen MR) is 106 cm³/mol. The zero-order valence-electron chi connectivity index (χ0n) is 15.3. The average Bonchev–Trinajstić information content (AvgIpc) is 2.63. The number of pyridine rings is 1. The van der Waals surface area contributed by atoms with E-state index in [1.54, 1.807) is 0 Å². The molecule has 25 heavy (non-hydrogen) atoms. The van der Waals surface area contributed by atoms with Crippen molar-refractivity contribution >= 4 is 5.57 Å². The molecule has 0 amide bonds. The lowest BCUT2D eigenvalue weighted by atomic mass is 9.89. The highest BCUT2D eigenvalue weighted by atomic mass is 15.1. The lowest BCUT2D eigenvalue weighted by Gasteiger charge is -2.24. The van der Waals surface area contributed by atoms with Crippen LogP contribution in [0, 0.1) is 0 Å². The second-order valence-electron chi connectivity index (χ2n) is 7.50. The van der Waals surface area contributed by atoms with E-state index in [1.165, 1.54) is 65.8 Å². The summed E-state index contributed by atoms with van der Waals surface area (Å²) in [5.41, 5.74) is 8.27. The van der Waals surface area contributed by atoms with Gasteiger partial charge in [-0.3, -0.25) is 4.98 Å². The monoisotopic (exact) mass is 332 g/mol. The molecule has 0 radical (unpaired) electrons. The maximum absolute atomic E-state index is 5.16. The van der Waals surface area contributed by atoms with Gasteiger partial charge in [0.25, 0.3) is 0 Å². The number of aromatic nitrogens is 1. The SMILES string of the molecule is CN1CC=C(c2cc(-c3ccccc3)c3c(n2)CCCCCC3)CC1. The molecule has 130 valence electrons. The second kappa shape index (κ2) is 7.53. The molecule has 2 aliphatic rings. The number of fused-ring (bicyclic) bond motifs is 1. The highest BCUT2D eigenvalue weighted by Gasteiger charge is 2.18. The Morgan fingerprint density at radius 3 is 2.48 bits per heavy atom. The van der Waals surface area contributed by atoms with Gasteiger partial charge < -0.3 is 4.90 Å². The number of rotatable bonds is 2. The van der Waals surface area contributed by atoms with Gasteiger partial charge in [0.2, 0.25) is 0 Å². The van der Waals surface area contributed by atoms with Crippen LogP contribution in [0.1, 0.15) is 49.1 Å². The first kappa shape index (κ1) is 16.5. The molecule has 0 unspecified atom stereocenters. The van der Waals surface area contributed by atoms with Crippen molar-refractivity contribution in [1.29, 1.82) is 0 Å². The maximum Gasteiger partial charge on any atom is 0.0669 e. The normalized spacial score (nSPS) is 18.8. The molecule has 2 heteroatoms. The predicted octanol–water partition coefficient (Wildman–Crippen LogP) is 5.13. The Hall–Kier alpha value is -1.93. The van der Waals surface area contributed by atoms with Crippen LogP contribution in [0.5, 0.6) is 0 Å². The lowest BCUT2D eigenvalue weighted by Crippen LogP contribution is -2.24. The molecule has 1 aliphatic heterocycles. The van der Waals surface area contributed by atoms with Crippen LogP contribution >= 0.6 is 0 Å². The van der Waals surface area contributed by atoms with Crippen LogP contribution < -0.4 is 0 Å². The van der Waals surface area contributed by atoms with E-state index in [0.717, 1.165) is 25.9 Å². The van der Waals surface area contributed by atoms with Crippen LogP contribution in [0.25, 0.3) is 16.7 Å². The van der Waals surface area contributed by atoms with Crippen LogP contribution in [-0.2, 0) is 12.8 Å². The van der Waals surface area contributed by atoms with Crippen molar-refractivity contribution < 1.29 is 0 Å². The molecule has 4 rings (SSSR count). The minimum atomic E-state index is 1.04. The number of hydrogen-bond donors (Lipinski definition) is 0. The van der Waals surface area contributed by atoms with Crippen LogP contribution in [0.2, 0.25) is 0 Å². The molecule has 2 aromatic rings. The summed E-state index contributed by atoms with van der Waals surface area (Å²) in [7, 11) is 2.19. The fourth-order valence-corrected chi connectivity index (χ4v) is 4.10. The van der Waals surface area contributed by atoms with Gasteiger partial charge in [0.05, 0.1) is 5.69 Å². The van der Waals surface area contributed by atoms with Gasteiger partial charge in [0.1, 0.15) is 0 Å². The zero-order valence-corrected chi connectivity index (χ0v) is 15.3. The van der Waals surface area contributed by atoms with Crippen molar-refractivity contribution in [2.75, 3.05) is 20.1 Å². The number of aryl methyl sites for hydroxylation is 1. The van der Waals surface area contributed by atoms with Crippen molar-refractivity contribution in [3.63, 3.8) is 0 Å². The Balaban J connectivity index is 1.82.